The molecule has 0 bridgehead atoms. The summed E-state index contributed by atoms with van der Waals surface area (Å²) in [7, 11) is 0. The molecule has 3 nitrogen and oxygen atoms in total. The van der Waals surface area contributed by atoms with Gasteiger partial charge in [0.15, 0.2) is 0 Å². The van der Waals surface area contributed by atoms with Crippen molar-refractivity contribution in [2.45, 2.75) is 43.5 Å². The predicted molar refractivity (Wildman–Crippen MR) is 88.9 cm³/mol. The number of benzene rings is 1. The minimum absolute atomic E-state index is 0.176. The standard InChI is InChI=1S/C17H24N2OS/c1-13-6-2-3-7-14(13)18-17(20)12-19-10-11-21-16-9-5-4-8-15(16)19/h4-5,8-9,13-14H,2-3,6-7,10-12H2,1H3,(H,18,20)/t13-,14-/m1/s1. The second-order valence-corrected chi connectivity index (χ2v) is 7.31. The average Bonchev–Trinajstić information content (AvgIpc) is 2.50. The van der Waals surface area contributed by atoms with Gasteiger partial charge in [0, 0.05) is 23.2 Å². The van der Waals surface area contributed by atoms with E-state index in [4.69, 9.17) is 0 Å². The number of amides is 1. The Morgan fingerprint density at radius 2 is 2.14 bits per heavy atom. The van der Waals surface area contributed by atoms with E-state index in [2.05, 4.69) is 41.4 Å². The monoisotopic (exact) mass is 304 g/mol. The van der Waals surface area contributed by atoms with E-state index in [1.54, 1.807) is 0 Å². The van der Waals surface area contributed by atoms with Crippen LogP contribution in [0.25, 0.3) is 0 Å². The highest BCUT2D eigenvalue weighted by Gasteiger charge is 2.24. The molecule has 1 aliphatic heterocycles. The SMILES string of the molecule is C[C@@H]1CCCC[C@H]1NC(=O)CN1CCSc2ccccc21. The third kappa shape index (κ3) is 3.54. The fourth-order valence-corrected chi connectivity index (χ4v) is 4.40. The summed E-state index contributed by atoms with van der Waals surface area (Å²) >= 11 is 1.88. The van der Waals surface area contributed by atoms with E-state index in [0.29, 0.717) is 18.5 Å². The van der Waals surface area contributed by atoms with Gasteiger partial charge in [-0.25, -0.2) is 0 Å². The fraction of sp³-hybridized carbons (Fsp3) is 0.588. The van der Waals surface area contributed by atoms with Crippen LogP contribution in [-0.4, -0.2) is 30.8 Å². The number of nitrogens with zero attached hydrogens (tertiary/aromatic N) is 1. The van der Waals surface area contributed by atoms with E-state index in [0.717, 1.165) is 18.7 Å². The van der Waals surface area contributed by atoms with Gasteiger partial charge in [-0.3, -0.25) is 4.79 Å². The molecule has 114 valence electrons. The molecular weight excluding hydrogens is 280 g/mol. The number of para-hydroxylation sites is 1. The summed E-state index contributed by atoms with van der Waals surface area (Å²) in [4.78, 5) is 15.9. The third-order valence-corrected chi connectivity index (χ3v) is 5.66. The molecule has 1 aliphatic carbocycles. The molecule has 0 saturated heterocycles. The normalized spacial score (nSPS) is 25.3. The van der Waals surface area contributed by atoms with Crippen LogP contribution in [0.15, 0.2) is 29.2 Å². The zero-order valence-electron chi connectivity index (χ0n) is 12.7. The number of fused-ring (bicyclic) bond motifs is 1. The average molecular weight is 304 g/mol. The molecule has 1 saturated carbocycles. The first-order valence-corrected chi connectivity index (χ1v) is 8.99. The van der Waals surface area contributed by atoms with E-state index in [-0.39, 0.29) is 5.91 Å². The molecule has 2 atom stereocenters. The van der Waals surface area contributed by atoms with Gasteiger partial charge < -0.3 is 10.2 Å². The maximum absolute atomic E-state index is 12.4. The zero-order chi connectivity index (χ0) is 14.7. The second kappa shape index (κ2) is 6.73. The van der Waals surface area contributed by atoms with Gasteiger partial charge in [-0.1, -0.05) is 31.9 Å². The number of nitrogens with one attached hydrogen (secondary N) is 1. The number of carbonyl (C=O) groups excluding carboxylic acids is 1. The van der Waals surface area contributed by atoms with Crippen LogP contribution in [0.5, 0.6) is 0 Å². The number of hydrogen-bond acceptors (Lipinski definition) is 3. The summed E-state index contributed by atoms with van der Waals surface area (Å²) in [5.74, 6) is 1.85. The van der Waals surface area contributed by atoms with E-state index in [1.165, 1.54) is 29.8 Å². The predicted octanol–water partition coefficient (Wildman–Crippen LogP) is 3.29. The summed E-state index contributed by atoms with van der Waals surface area (Å²) in [6.45, 7) is 3.70. The van der Waals surface area contributed by atoms with E-state index < -0.39 is 0 Å². The summed E-state index contributed by atoms with van der Waals surface area (Å²) in [5.41, 5.74) is 1.21. The van der Waals surface area contributed by atoms with Gasteiger partial charge in [0.25, 0.3) is 0 Å². The van der Waals surface area contributed by atoms with Crippen molar-refractivity contribution in [1.82, 2.24) is 5.32 Å². The second-order valence-electron chi connectivity index (χ2n) is 6.17. The number of thioether (sulfide) groups is 1. The van der Waals surface area contributed by atoms with Crippen molar-refractivity contribution >= 4 is 23.4 Å². The molecule has 0 radical (unpaired) electrons. The molecule has 3 rings (SSSR count). The molecular formula is C17H24N2OS. The Bertz CT molecular complexity index is 505. The van der Waals surface area contributed by atoms with Crippen molar-refractivity contribution in [1.29, 1.82) is 0 Å². The van der Waals surface area contributed by atoms with Crippen LogP contribution in [-0.2, 0) is 4.79 Å². The van der Waals surface area contributed by atoms with Gasteiger partial charge in [0.1, 0.15) is 0 Å². The molecule has 1 N–H and O–H groups in total. The molecule has 1 fully saturated rings. The van der Waals surface area contributed by atoms with Crippen LogP contribution in [0.2, 0.25) is 0 Å². The number of carbonyl (C=O) groups is 1. The highest BCUT2D eigenvalue weighted by atomic mass is 32.2. The van der Waals surface area contributed by atoms with Gasteiger partial charge in [-0.2, -0.15) is 0 Å². The van der Waals surface area contributed by atoms with Crippen LogP contribution >= 0.6 is 11.8 Å². The molecule has 21 heavy (non-hydrogen) atoms. The third-order valence-electron chi connectivity index (χ3n) is 4.62. The highest BCUT2D eigenvalue weighted by Crippen LogP contribution is 2.34. The Kier molecular flexibility index (Phi) is 4.73. The Balaban J connectivity index is 1.60. The quantitative estimate of drug-likeness (QED) is 0.930. The molecule has 0 spiro atoms. The molecule has 1 amide bonds. The van der Waals surface area contributed by atoms with Gasteiger partial charge in [-0.15, -0.1) is 11.8 Å². The first-order chi connectivity index (χ1) is 10.2. The van der Waals surface area contributed by atoms with Crippen molar-refractivity contribution in [2.75, 3.05) is 23.7 Å². The first-order valence-electron chi connectivity index (χ1n) is 8.00. The lowest BCUT2D eigenvalue weighted by Crippen LogP contribution is -2.46. The first kappa shape index (κ1) is 14.8. The Morgan fingerprint density at radius 3 is 3.00 bits per heavy atom. The van der Waals surface area contributed by atoms with Crippen molar-refractivity contribution in [3.05, 3.63) is 24.3 Å². The molecule has 1 aromatic rings. The Hall–Kier alpha value is -1.16. The van der Waals surface area contributed by atoms with Gasteiger partial charge in [-0.05, 0) is 30.9 Å². The summed E-state index contributed by atoms with van der Waals surface area (Å²) < 4.78 is 0. The van der Waals surface area contributed by atoms with Gasteiger partial charge >= 0.3 is 0 Å². The number of rotatable bonds is 3. The largest absolute Gasteiger partial charge is 0.360 e. The minimum atomic E-state index is 0.176. The van der Waals surface area contributed by atoms with Crippen LogP contribution in [0.3, 0.4) is 0 Å². The minimum Gasteiger partial charge on any atom is -0.360 e. The van der Waals surface area contributed by atoms with Gasteiger partial charge in [0.05, 0.1) is 12.2 Å². The Labute approximate surface area is 131 Å². The molecule has 0 aromatic heterocycles. The lowest BCUT2D eigenvalue weighted by molar-refractivity contribution is -0.121. The lowest BCUT2D eigenvalue weighted by atomic mass is 9.86. The smallest absolute Gasteiger partial charge is 0.239 e. The van der Waals surface area contributed by atoms with E-state index >= 15 is 0 Å². The summed E-state index contributed by atoms with van der Waals surface area (Å²) in [6.07, 6.45) is 4.94. The van der Waals surface area contributed by atoms with E-state index in [9.17, 15) is 4.79 Å². The molecule has 0 unspecified atom stereocenters. The number of anilines is 1. The zero-order valence-corrected chi connectivity index (χ0v) is 13.5. The molecule has 1 aromatic carbocycles. The van der Waals surface area contributed by atoms with Crippen LogP contribution < -0.4 is 10.2 Å². The van der Waals surface area contributed by atoms with Crippen molar-refractivity contribution < 1.29 is 4.79 Å². The topological polar surface area (TPSA) is 32.3 Å². The fourth-order valence-electron chi connectivity index (χ4n) is 3.35. The molecule has 2 aliphatic rings. The highest BCUT2D eigenvalue weighted by molar-refractivity contribution is 7.99. The number of hydrogen-bond donors (Lipinski definition) is 1. The van der Waals surface area contributed by atoms with Crippen LogP contribution in [0, 0.1) is 5.92 Å². The molecule has 1 heterocycles. The van der Waals surface area contributed by atoms with E-state index in [1.807, 2.05) is 11.8 Å². The van der Waals surface area contributed by atoms with Crippen molar-refractivity contribution in [3.63, 3.8) is 0 Å². The summed E-state index contributed by atoms with van der Waals surface area (Å²) in [5, 5.41) is 3.26. The van der Waals surface area contributed by atoms with Gasteiger partial charge in [0.2, 0.25) is 5.91 Å². The van der Waals surface area contributed by atoms with Crippen molar-refractivity contribution in [2.24, 2.45) is 5.92 Å². The maximum atomic E-state index is 12.4. The van der Waals surface area contributed by atoms with Crippen molar-refractivity contribution in [3.8, 4) is 0 Å². The lowest BCUT2D eigenvalue weighted by Gasteiger charge is -2.33. The Morgan fingerprint density at radius 1 is 1.33 bits per heavy atom. The molecule has 4 heteroatoms. The van der Waals surface area contributed by atoms with Crippen LogP contribution in [0.4, 0.5) is 5.69 Å². The summed E-state index contributed by atoms with van der Waals surface area (Å²) in [6, 6.07) is 8.77. The van der Waals surface area contributed by atoms with Crippen LogP contribution in [0.1, 0.15) is 32.6 Å². The maximum Gasteiger partial charge on any atom is 0.239 e.